The zero-order valence-corrected chi connectivity index (χ0v) is 15.6. The summed E-state index contributed by atoms with van der Waals surface area (Å²) in [6.45, 7) is -3.08. The van der Waals surface area contributed by atoms with Gasteiger partial charge in [-0.2, -0.15) is 8.78 Å². The third kappa shape index (κ3) is 7.19. The molecule has 0 unspecified atom stereocenters. The highest BCUT2D eigenvalue weighted by molar-refractivity contribution is 9.10. The van der Waals surface area contributed by atoms with E-state index in [0.29, 0.717) is 11.4 Å². The summed E-state index contributed by atoms with van der Waals surface area (Å²) in [5, 5.41) is 2.89. The van der Waals surface area contributed by atoms with Crippen LogP contribution in [0.3, 0.4) is 0 Å². The topological polar surface area (TPSA) is 71.6 Å². The lowest BCUT2D eigenvalue weighted by Crippen LogP contribution is -2.45. The van der Waals surface area contributed by atoms with Crippen molar-refractivity contribution in [2.24, 2.45) is 0 Å². The first-order chi connectivity index (χ1) is 12.4. The van der Waals surface area contributed by atoms with E-state index in [0.717, 1.165) is 4.47 Å². The highest BCUT2D eigenvalue weighted by atomic mass is 79.9. The van der Waals surface area contributed by atoms with Gasteiger partial charge >= 0.3 is 6.61 Å². The maximum absolute atomic E-state index is 12.1. The minimum Gasteiger partial charge on any atom is -0.484 e. The van der Waals surface area contributed by atoms with Crippen LogP contribution in [0.2, 0.25) is 0 Å². The van der Waals surface area contributed by atoms with Crippen molar-refractivity contribution >= 4 is 44.9 Å². The van der Waals surface area contributed by atoms with E-state index in [1.807, 2.05) is 0 Å². The molecule has 0 fully saturated rings. The number of halogens is 3. The third-order valence-electron chi connectivity index (χ3n) is 2.84. The Morgan fingerprint density at radius 1 is 1.04 bits per heavy atom. The maximum Gasteiger partial charge on any atom is 0.387 e. The Bertz CT molecular complexity index is 745. The summed E-state index contributed by atoms with van der Waals surface area (Å²) in [6.07, 6.45) is 0. The van der Waals surface area contributed by atoms with E-state index in [1.165, 1.54) is 24.3 Å². The van der Waals surface area contributed by atoms with Crippen LogP contribution in [-0.4, -0.2) is 24.2 Å². The standard InChI is InChI=1S/C16H14BrF2N3O3S/c17-10-1-5-12(6-2-10)24-9-14(23)21-22-16(26)20-11-3-7-13(8-4-11)25-15(18)19/h1-8,15H,9H2,(H,21,23)(H2,20,22,26). The van der Waals surface area contributed by atoms with E-state index in [1.54, 1.807) is 24.3 Å². The molecule has 2 aromatic rings. The van der Waals surface area contributed by atoms with Gasteiger partial charge in [0.2, 0.25) is 0 Å². The number of alkyl halides is 2. The number of benzene rings is 2. The van der Waals surface area contributed by atoms with Gasteiger partial charge in [0.05, 0.1) is 0 Å². The highest BCUT2D eigenvalue weighted by Crippen LogP contribution is 2.17. The van der Waals surface area contributed by atoms with E-state index >= 15 is 0 Å². The molecule has 2 rings (SSSR count). The lowest BCUT2D eigenvalue weighted by molar-refractivity contribution is -0.123. The Morgan fingerprint density at radius 3 is 2.27 bits per heavy atom. The van der Waals surface area contributed by atoms with Gasteiger partial charge < -0.3 is 14.8 Å². The summed E-state index contributed by atoms with van der Waals surface area (Å²) in [5.41, 5.74) is 5.41. The predicted octanol–water partition coefficient (Wildman–Crippen LogP) is 3.45. The van der Waals surface area contributed by atoms with E-state index in [2.05, 4.69) is 36.8 Å². The second-order valence-corrected chi connectivity index (χ2v) is 6.10. The zero-order valence-electron chi connectivity index (χ0n) is 13.2. The van der Waals surface area contributed by atoms with Crippen molar-refractivity contribution in [1.29, 1.82) is 0 Å². The fourth-order valence-corrected chi connectivity index (χ4v) is 2.16. The molecule has 0 bridgehead atoms. The van der Waals surface area contributed by atoms with Crippen LogP contribution in [-0.2, 0) is 4.79 Å². The van der Waals surface area contributed by atoms with Crippen molar-refractivity contribution in [1.82, 2.24) is 10.9 Å². The number of ether oxygens (including phenoxy) is 2. The molecule has 138 valence electrons. The number of hydrogen-bond donors (Lipinski definition) is 3. The molecule has 0 aliphatic carbocycles. The minimum absolute atomic E-state index is 0.0304. The Labute approximate surface area is 162 Å². The molecule has 2 aromatic carbocycles. The first-order valence-electron chi connectivity index (χ1n) is 7.21. The average molecular weight is 446 g/mol. The smallest absolute Gasteiger partial charge is 0.387 e. The molecule has 1 amide bonds. The van der Waals surface area contributed by atoms with Crippen LogP contribution in [0.4, 0.5) is 14.5 Å². The van der Waals surface area contributed by atoms with E-state index in [-0.39, 0.29) is 17.5 Å². The largest absolute Gasteiger partial charge is 0.484 e. The lowest BCUT2D eigenvalue weighted by Gasteiger charge is -2.12. The third-order valence-corrected chi connectivity index (χ3v) is 3.57. The molecular weight excluding hydrogens is 432 g/mol. The number of nitrogens with one attached hydrogen (secondary N) is 3. The molecule has 6 nitrogen and oxygen atoms in total. The summed E-state index contributed by atoms with van der Waals surface area (Å²) >= 11 is 8.32. The van der Waals surface area contributed by atoms with Crippen molar-refractivity contribution in [2.45, 2.75) is 6.61 Å². The normalized spacial score (nSPS) is 10.2. The van der Waals surface area contributed by atoms with Gasteiger partial charge in [-0.3, -0.25) is 15.6 Å². The van der Waals surface area contributed by atoms with Gasteiger partial charge in [0, 0.05) is 10.2 Å². The number of carbonyl (C=O) groups excluding carboxylic acids is 1. The quantitative estimate of drug-likeness (QED) is 0.467. The summed E-state index contributed by atoms with van der Waals surface area (Å²) in [7, 11) is 0. The van der Waals surface area contributed by atoms with Crippen LogP contribution in [0.5, 0.6) is 11.5 Å². The molecular formula is C16H14BrF2N3O3S. The Hall–Kier alpha value is -2.46. The molecule has 10 heteroatoms. The SMILES string of the molecule is O=C(COc1ccc(Br)cc1)NNC(=S)Nc1ccc(OC(F)F)cc1. The fraction of sp³-hybridized carbons (Fsp3) is 0.125. The fourth-order valence-electron chi connectivity index (χ4n) is 1.72. The predicted molar refractivity (Wildman–Crippen MR) is 100 cm³/mol. The average Bonchev–Trinajstić information content (AvgIpc) is 2.61. The molecule has 0 aromatic heterocycles. The van der Waals surface area contributed by atoms with Crippen LogP contribution in [0.15, 0.2) is 53.0 Å². The van der Waals surface area contributed by atoms with Gasteiger partial charge in [-0.25, -0.2) is 0 Å². The number of carbonyl (C=O) groups is 1. The minimum atomic E-state index is -2.88. The van der Waals surface area contributed by atoms with Crippen molar-refractivity contribution in [3.8, 4) is 11.5 Å². The molecule has 3 N–H and O–H groups in total. The first-order valence-corrected chi connectivity index (χ1v) is 8.41. The number of hydrogen-bond acceptors (Lipinski definition) is 4. The highest BCUT2D eigenvalue weighted by Gasteiger charge is 2.06. The second kappa shape index (κ2) is 9.88. The summed E-state index contributed by atoms with van der Waals surface area (Å²) in [6, 6.07) is 12.8. The van der Waals surface area contributed by atoms with Crippen molar-refractivity contribution in [2.75, 3.05) is 11.9 Å². The number of thiocarbonyl (C=S) groups is 1. The summed E-state index contributed by atoms with van der Waals surface area (Å²) < 4.78 is 34.6. The summed E-state index contributed by atoms with van der Waals surface area (Å²) in [4.78, 5) is 11.7. The lowest BCUT2D eigenvalue weighted by atomic mass is 10.3. The molecule has 0 saturated carbocycles. The van der Waals surface area contributed by atoms with Gasteiger partial charge in [0.1, 0.15) is 11.5 Å². The Kier molecular flexibility index (Phi) is 7.54. The number of anilines is 1. The van der Waals surface area contributed by atoms with Crippen LogP contribution in [0, 0.1) is 0 Å². The molecule has 0 spiro atoms. The molecule has 0 atom stereocenters. The Morgan fingerprint density at radius 2 is 1.65 bits per heavy atom. The number of hydrazine groups is 1. The zero-order chi connectivity index (χ0) is 18.9. The molecule has 0 saturated heterocycles. The Balaban J connectivity index is 1.70. The van der Waals surface area contributed by atoms with Gasteiger partial charge in [0.25, 0.3) is 5.91 Å². The van der Waals surface area contributed by atoms with E-state index in [9.17, 15) is 13.6 Å². The van der Waals surface area contributed by atoms with Crippen LogP contribution >= 0.6 is 28.1 Å². The summed E-state index contributed by atoms with van der Waals surface area (Å²) in [5.74, 6) is 0.149. The molecule has 0 radical (unpaired) electrons. The second-order valence-electron chi connectivity index (χ2n) is 4.77. The number of rotatable bonds is 6. The molecule has 0 aliphatic heterocycles. The van der Waals surface area contributed by atoms with Crippen molar-refractivity contribution in [3.05, 3.63) is 53.0 Å². The van der Waals surface area contributed by atoms with E-state index in [4.69, 9.17) is 17.0 Å². The molecule has 26 heavy (non-hydrogen) atoms. The maximum atomic E-state index is 12.1. The van der Waals surface area contributed by atoms with Crippen molar-refractivity contribution < 1.29 is 23.0 Å². The van der Waals surface area contributed by atoms with Crippen LogP contribution in [0.1, 0.15) is 0 Å². The van der Waals surface area contributed by atoms with Crippen LogP contribution < -0.4 is 25.6 Å². The van der Waals surface area contributed by atoms with Gasteiger partial charge in [0.15, 0.2) is 11.7 Å². The monoisotopic (exact) mass is 445 g/mol. The van der Waals surface area contributed by atoms with Gasteiger partial charge in [-0.15, -0.1) is 0 Å². The number of amides is 1. The van der Waals surface area contributed by atoms with Gasteiger partial charge in [-0.05, 0) is 60.7 Å². The van der Waals surface area contributed by atoms with Crippen LogP contribution in [0.25, 0.3) is 0 Å². The molecule has 0 aliphatic rings. The van der Waals surface area contributed by atoms with Crippen molar-refractivity contribution in [3.63, 3.8) is 0 Å². The first kappa shape index (κ1) is 19.9. The van der Waals surface area contributed by atoms with Gasteiger partial charge in [-0.1, -0.05) is 15.9 Å². The van der Waals surface area contributed by atoms with E-state index < -0.39 is 12.5 Å². The molecule has 0 heterocycles.